The Morgan fingerprint density at radius 1 is 0.818 bits per heavy atom. The molecule has 0 aromatic heterocycles. The van der Waals surface area contributed by atoms with Gasteiger partial charge in [0.15, 0.2) is 11.6 Å². The van der Waals surface area contributed by atoms with Crippen LogP contribution >= 0.6 is 0 Å². The van der Waals surface area contributed by atoms with Crippen LogP contribution in [0.4, 0.5) is 0 Å². The number of aliphatic hydroxyl groups excluding tert-OH is 1. The lowest BCUT2D eigenvalue weighted by Crippen LogP contribution is -2.45. The number of hydrogen-bond acceptors (Lipinski definition) is 7. The van der Waals surface area contributed by atoms with Crippen molar-refractivity contribution < 1.29 is 33.5 Å². The van der Waals surface area contributed by atoms with Gasteiger partial charge in [0.2, 0.25) is 0 Å². The molecule has 2 heterocycles. The van der Waals surface area contributed by atoms with E-state index in [0.29, 0.717) is 26.4 Å². The summed E-state index contributed by atoms with van der Waals surface area (Å²) in [5.41, 5.74) is 0. The zero-order chi connectivity index (χ0) is 16.2. The third-order valence-electron chi connectivity index (χ3n) is 3.52. The fourth-order valence-electron chi connectivity index (χ4n) is 2.09. The second-order valence-electron chi connectivity index (χ2n) is 6.61. The highest BCUT2D eigenvalue weighted by atomic mass is 16.7. The van der Waals surface area contributed by atoms with E-state index < -0.39 is 17.7 Å². The first kappa shape index (κ1) is 18.1. The molecule has 130 valence electrons. The zero-order valence-electron chi connectivity index (χ0n) is 13.9. The quantitative estimate of drug-likeness (QED) is 0.771. The van der Waals surface area contributed by atoms with Gasteiger partial charge >= 0.3 is 0 Å². The molecule has 22 heavy (non-hydrogen) atoms. The summed E-state index contributed by atoms with van der Waals surface area (Å²) in [6.45, 7) is 9.64. The molecule has 7 nitrogen and oxygen atoms in total. The van der Waals surface area contributed by atoms with E-state index in [4.69, 9.17) is 28.4 Å². The maximum Gasteiger partial charge on any atom is 0.163 e. The van der Waals surface area contributed by atoms with Crippen LogP contribution in [0.3, 0.4) is 0 Å². The molecule has 0 atom stereocenters. The van der Waals surface area contributed by atoms with Crippen molar-refractivity contribution in [3.63, 3.8) is 0 Å². The number of ether oxygens (including phenoxy) is 6. The molecule has 2 aliphatic rings. The molecule has 0 amide bonds. The minimum Gasteiger partial charge on any atom is -0.388 e. The summed E-state index contributed by atoms with van der Waals surface area (Å²) in [7, 11) is 0. The van der Waals surface area contributed by atoms with Crippen LogP contribution in [0, 0.1) is 0 Å². The Kier molecular flexibility index (Phi) is 6.18. The molecule has 0 saturated carbocycles. The predicted molar refractivity (Wildman–Crippen MR) is 77.5 cm³/mol. The molecule has 2 rings (SSSR count). The fraction of sp³-hybridized carbons (Fsp3) is 1.00. The van der Waals surface area contributed by atoms with Crippen LogP contribution in [0.5, 0.6) is 0 Å². The van der Waals surface area contributed by atoms with Gasteiger partial charge in [-0.3, -0.25) is 0 Å². The van der Waals surface area contributed by atoms with E-state index in [9.17, 15) is 5.11 Å². The summed E-state index contributed by atoms with van der Waals surface area (Å²) >= 11 is 0. The van der Waals surface area contributed by atoms with Crippen molar-refractivity contribution in [2.75, 3.05) is 39.6 Å². The maximum absolute atomic E-state index is 9.90. The average molecular weight is 320 g/mol. The molecule has 1 N–H and O–H groups in total. The van der Waals surface area contributed by atoms with Crippen LogP contribution in [0.2, 0.25) is 0 Å². The van der Waals surface area contributed by atoms with Gasteiger partial charge in [-0.05, 0) is 27.7 Å². The van der Waals surface area contributed by atoms with Gasteiger partial charge in [-0.2, -0.15) is 0 Å². The first-order valence-corrected chi connectivity index (χ1v) is 7.73. The van der Waals surface area contributed by atoms with Gasteiger partial charge in [-0.25, -0.2) is 0 Å². The van der Waals surface area contributed by atoms with Gasteiger partial charge in [0, 0.05) is 0 Å². The first-order valence-electron chi connectivity index (χ1n) is 7.73. The van der Waals surface area contributed by atoms with E-state index in [1.165, 1.54) is 0 Å². The third kappa shape index (κ3) is 6.08. The van der Waals surface area contributed by atoms with Crippen molar-refractivity contribution in [1.29, 1.82) is 0 Å². The Hall–Kier alpha value is -0.280. The summed E-state index contributed by atoms with van der Waals surface area (Å²) in [6, 6.07) is 0. The number of hydrogen-bond donors (Lipinski definition) is 1. The normalized spacial score (nSPS) is 26.5. The summed E-state index contributed by atoms with van der Waals surface area (Å²) in [4.78, 5) is 0. The van der Waals surface area contributed by atoms with Crippen LogP contribution in [0.25, 0.3) is 0 Å². The highest BCUT2D eigenvalue weighted by Gasteiger charge is 2.30. The SMILES string of the molecule is CC1(C)OCC(OCC(O)COC2COC(C)(C)OC2)CO1. The van der Waals surface area contributed by atoms with Crippen LogP contribution in [0.1, 0.15) is 27.7 Å². The van der Waals surface area contributed by atoms with Gasteiger partial charge in [0.05, 0.1) is 39.6 Å². The van der Waals surface area contributed by atoms with Crippen molar-refractivity contribution in [2.45, 2.75) is 57.6 Å². The molecule has 0 radical (unpaired) electrons. The minimum absolute atomic E-state index is 0.162. The highest BCUT2D eigenvalue weighted by molar-refractivity contribution is 4.70. The Morgan fingerprint density at radius 3 is 1.45 bits per heavy atom. The molecular formula is C15H28O7. The summed E-state index contributed by atoms with van der Waals surface area (Å²) < 4.78 is 33.1. The molecule has 0 spiro atoms. The molecule has 0 aromatic rings. The van der Waals surface area contributed by atoms with E-state index >= 15 is 0 Å². The van der Waals surface area contributed by atoms with Gasteiger partial charge < -0.3 is 33.5 Å². The number of rotatable bonds is 6. The van der Waals surface area contributed by atoms with Gasteiger partial charge in [0.1, 0.15) is 18.3 Å². The summed E-state index contributed by atoms with van der Waals surface area (Å²) in [6.07, 6.45) is -1.03. The average Bonchev–Trinajstić information content (AvgIpc) is 2.45. The second kappa shape index (κ2) is 7.53. The standard InChI is InChI=1S/C15H28O7/c1-14(2)19-7-12(8-20-14)17-5-11(16)6-18-13-9-21-15(3,4)22-10-13/h11-13,16H,5-10H2,1-4H3. The molecule has 2 aliphatic heterocycles. The number of aliphatic hydroxyl groups is 1. The van der Waals surface area contributed by atoms with Crippen LogP contribution < -0.4 is 0 Å². The molecule has 0 unspecified atom stereocenters. The summed E-state index contributed by atoms with van der Waals surface area (Å²) in [5, 5.41) is 9.90. The van der Waals surface area contributed by atoms with Gasteiger partial charge in [-0.15, -0.1) is 0 Å². The van der Waals surface area contributed by atoms with Crippen molar-refractivity contribution in [2.24, 2.45) is 0 Å². The Balaban J connectivity index is 1.56. The van der Waals surface area contributed by atoms with Crippen LogP contribution in [0.15, 0.2) is 0 Å². The Bertz CT molecular complexity index is 293. The van der Waals surface area contributed by atoms with Crippen molar-refractivity contribution in [3.05, 3.63) is 0 Å². The molecule has 0 aromatic carbocycles. The maximum atomic E-state index is 9.90. The van der Waals surface area contributed by atoms with E-state index in [0.717, 1.165) is 0 Å². The zero-order valence-corrected chi connectivity index (χ0v) is 13.9. The largest absolute Gasteiger partial charge is 0.388 e. The summed E-state index contributed by atoms with van der Waals surface area (Å²) in [5.74, 6) is -1.12. The second-order valence-corrected chi connectivity index (χ2v) is 6.61. The topological polar surface area (TPSA) is 75.6 Å². The highest BCUT2D eigenvalue weighted by Crippen LogP contribution is 2.19. The third-order valence-corrected chi connectivity index (χ3v) is 3.52. The van der Waals surface area contributed by atoms with Crippen molar-refractivity contribution in [3.8, 4) is 0 Å². The fourth-order valence-corrected chi connectivity index (χ4v) is 2.09. The smallest absolute Gasteiger partial charge is 0.163 e. The molecule has 0 aliphatic carbocycles. The van der Waals surface area contributed by atoms with Crippen LogP contribution in [-0.4, -0.2) is 74.6 Å². The molecular weight excluding hydrogens is 292 g/mol. The van der Waals surface area contributed by atoms with Crippen molar-refractivity contribution >= 4 is 0 Å². The molecule has 2 saturated heterocycles. The lowest BCUT2D eigenvalue weighted by molar-refractivity contribution is -0.286. The molecule has 2 fully saturated rings. The monoisotopic (exact) mass is 320 g/mol. The van der Waals surface area contributed by atoms with E-state index in [-0.39, 0.29) is 25.4 Å². The molecule has 7 heteroatoms. The lowest BCUT2D eigenvalue weighted by Gasteiger charge is -2.35. The van der Waals surface area contributed by atoms with Gasteiger partial charge in [0.25, 0.3) is 0 Å². The predicted octanol–water partition coefficient (Wildman–Crippen LogP) is 0.683. The van der Waals surface area contributed by atoms with Crippen LogP contribution in [-0.2, 0) is 28.4 Å². The van der Waals surface area contributed by atoms with E-state index in [1.54, 1.807) is 0 Å². The molecule has 0 bridgehead atoms. The van der Waals surface area contributed by atoms with E-state index in [1.807, 2.05) is 27.7 Å². The Morgan fingerprint density at radius 2 is 1.14 bits per heavy atom. The Labute approximate surface area is 131 Å². The van der Waals surface area contributed by atoms with Crippen molar-refractivity contribution in [1.82, 2.24) is 0 Å². The van der Waals surface area contributed by atoms with Gasteiger partial charge in [-0.1, -0.05) is 0 Å². The lowest BCUT2D eigenvalue weighted by atomic mass is 10.3. The minimum atomic E-state index is -0.704. The van der Waals surface area contributed by atoms with E-state index in [2.05, 4.69) is 0 Å². The first-order chi connectivity index (χ1) is 10.3.